The number of nitrogens with one attached hydrogen (secondary N) is 1. The van der Waals surface area contributed by atoms with Gasteiger partial charge in [0.15, 0.2) is 11.5 Å². The molecule has 4 aromatic rings. The van der Waals surface area contributed by atoms with E-state index < -0.39 is 5.82 Å². The van der Waals surface area contributed by atoms with E-state index in [1.165, 1.54) is 24.3 Å². The second-order valence-electron chi connectivity index (χ2n) is 6.42. The highest BCUT2D eigenvalue weighted by Gasteiger charge is 2.22. The monoisotopic (exact) mass is 407 g/mol. The molecule has 0 amide bonds. The number of anilines is 1. The lowest BCUT2D eigenvalue weighted by atomic mass is 10.1. The van der Waals surface area contributed by atoms with E-state index >= 15 is 0 Å². The van der Waals surface area contributed by atoms with Gasteiger partial charge in [0, 0.05) is 21.5 Å². The van der Waals surface area contributed by atoms with Crippen molar-refractivity contribution in [2.75, 3.05) is 11.9 Å². The third kappa shape index (κ3) is 3.91. The van der Waals surface area contributed by atoms with Gasteiger partial charge in [-0.15, -0.1) is 0 Å². The fraction of sp³-hybridized carbons (Fsp3) is 0.0435. The average molecular weight is 408 g/mol. The van der Waals surface area contributed by atoms with E-state index in [0.717, 1.165) is 0 Å². The fourth-order valence-corrected chi connectivity index (χ4v) is 3.15. The van der Waals surface area contributed by atoms with E-state index in [1.54, 1.807) is 36.4 Å². The molecule has 1 aromatic heterocycles. The van der Waals surface area contributed by atoms with Crippen LogP contribution in [0.15, 0.2) is 77.2 Å². The van der Waals surface area contributed by atoms with Crippen molar-refractivity contribution < 1.29 is 18.4 Å². The smallest absolute Gasteiger partial charge is 0.230 e. The maximum absolute atomic E-state index is 13.1. The van der Waals surface area contributed by atoms with Crippen molar-refractivity contribution in [2.45, 2.75) is 0 Å². The number of ketones is 2. The standard InChI is InChI=1S/C23H15ClFNO3/c24-16-9-5-15(6-10-16)22(28)23-21(18-3-1-2-4-20(18)29-23)26-13-19(27)14-7-11-17(25)12-8-14/h1-12,26H,13H2. The molecule has 0 saturated carbocycles. The average Bonchev–Trinajstić information content (AvgIpc) is 3.11. The number of hydrogen-bond acceptors (Lipinski definition) is 4. The Balaban J connectivity index is 1.66. The molecule has 4 nitrogen and oxygen atoms in total. The molecular weight excluding hydrogens is 393 g/mol. The van der Waals surface area contributed by atoms with E-state index in [1.807, 2.05) is 12.1 Å². The minimum Gasteiger partial charge on any atom is -0.450 e. The maximum atomic E-state index is 13.1. The van der Waals surface area contributed by atoms with E-state index in [2.05, 4.69) is 5.32 Å². The second kappa shape index (κ2) is 7.89. The van der Waals surface area contributed by atoms with Crippen LogP contribution in [-0.4, -0.2) is 18.1 Å². The number of carbonyl (C=O) groups excluding carboxylic acids is 2. The summed E-state index contributed by atoms with van der Waals surface area (Å²) in [5.41, 5.74) is 1.76. The van der Waals surface area contributed by atoms with Gasteiger partial charge in [-0.1, -0.05) is 23.7 Å². The first-order valence-electron chi connectivity index (χ1n) is 8.87. The number of hydrogen-bond donors (Lipinski definition) is 1. The molecule has 29 heavy (non-hydrogen) atoms. The second-order valence-corrected chi connectivity index (χ2v) is 6.86. The van der Waals surface area contributed by atoms with Gasteiger partial charge in [-0.3, -0.25) is 9.59 Å². The van der Waals surface area contributed by atoms with Crippen molar-refractivity contribution in [3.8, 4) is 0 Å². The Morgan fingerprint density at radius 3 is 2.28 bits per heavy atom. The number of halogens is 2. The number of benzene rings is 3. The van der Waals surface area contributed by atoms with Crippen LogP contribution in [0.5, 0.6) is 0 Å². The van der Waals surface area contributed by atoms with Crippen molar-refractivity contribution in [3.63, 3.8) is 0 Å². The molecule has 0 atom stereocenters. The first-order valence-corrected chi connectivity index (χ1v) is 9.25. The largest absolute Gasteiger partial charge is 0.450 e. The summed E-state index contributed by atoms with van der Waals surface area (Å²) in [5, 5.41) is 4.24. The number of para-hydroxylation sites is 1. The van der Waals surface area contributed by atoms with Crippen LogP contribution in [-0.2, 0) is 0 Å². The molecule has 4 rings (SSSR count). The van der Waals surface area contributed by atoms with Crippen LogP contribution in [0.1, 0.15) is 26.5 Å². The van der Waals surface area contributed by atoms with Crippen molar-refractivity contribution in [1.82, 2.24) is 0 Å². The molecule has 0 radical (unpaired) electrons. The first kappa shape index (κ1) is 18.9. The van der Waals surface area contributed by atoms with Crippen LogP contribution in [0, 0.1) is 5.82 Å². The molecule has 0 bridgehead atoms. The number of Topliss-reactive ketones (excluding diaryl/α,β-unsaturated/α-hetero) is 1. The van der Waals surface area contributed by atoms with Crippen LogP contribution in [0.25, 0.3) is 11.0 Å². The van der Waals surface area contributed by atoms with Crippen molar-refractivity contribution >= 4 is 39.8 Å². The zero-order valence-corrected chi connectivity index (χ0v) is 15.9. The Hall–Kier alpha value is -3.44. The molecular formula is C23H15ClFNO3. The van der Waals surface area contributed by atoms with Gasteiger partial charge in [-0.25, -0.2) is 4.39 Å². The predicted molar refractivity (Wildman–Crippen MR) is 110 cm³/mol. The lowest BCUT2D eigenvalue weighted by Gasteiger charge is -2.07. The molecule has 144 valence electrons. The number of furan rings is 1. The highest BCUT2D eigenvalue weighted by molar-refractivity contribution is 6.30. The number of carbonyl (C=O) groups is 2. The van der Waals surface area contributed by atoms with E-state index in [9.17, 15) is 14.0 Å². The van der Waals surface area contributed by atoms with Gasteiger partial charge in [-0.05, 0) is 60.7 Å². The van der Waals surface area contributed by atoms with Crippen LogP contribution in [0.2, 0.25) is 5.02 Å². The summed E-state index contributed by atoms with van der Waals surface area (Å²) in [7, 11) is 0. The quantitative estimate of drug-likeness (QED) is 0.413. The zero-order valence-electron chi connectivity index (χ0n) is 15.1. The lowest BCUT2D eigenvalue weighted by molar-refractivity contribution is 0.0997. The molecule has 0 aliphatic rings. The Morgan fingerprint density at radius 1 is 0.897 bits per heavy atom. The summed E-state index contributed by atoms with van der Waals surface area (Å²) in [4.78, 5) is 25.5. The molecule has 0 aliphatic carbocycles. The summed E-state index contributed by atoms with van der Waals surface area (Å²) in [6.07, 6.45) is 0. The molecule has 1 heterocycles. The van der Waals surface area contributed by atoms with Crippen molar-refractivity contribution in [1.29, 1.82) is 0 Å². The Labute approximate surface area is 170 Å². The molecule has 3 aromatic carbocycles. The normalized spacial score (nSPS) is 10.8. The fourth-order valence-electron chi connectivity index (χ4n) is 3.02. The van der Waals surface area contributed by atoms with Crippen LogP contribution in [0.4, 0.5) is 10.1 Å². The third-order valence-corrected chi connectivity index (χ3v) is 4.75. The minimum atomic E-state index is -0.411. The number of rotatable bonds is 6. The highest BCUT2D eigenvalue weighted by Crippen LogP contribution is 2.32. The molecule has 0 fully saturated rings. The maximum Gasteiger partial charge on any atom is 0.230 e. The van der Waals surface area contributed by atoms with Crippen LogP contribution >= 0.6 is 11.6 Å². The minimum absolute atomic E-state index is 0.0734. The van der Waals surface area contributed by atoms with Crippen molar-refractivity contribution in [2.24, 2.45) is 0 Å². The predicted octanol–water partition coefficient (Wildman–Crippen LogP) is 5.75. The molecule has 1 N–H and O–H groups in total. The summed E-state index contributed by atoms with van der Waals surface area (Å²) in [6.45, 7) is -0.0734. The summed E-state index contributed by atoms with van der Waals surface area (Å²) < 4.78 is 18.9. The highest BCUT2D eigenvalue weighted by atomic mass is 35.5. The topological polar surface area (TPSA) is 59.3 Å². The SMILES string of the molecule is O=C(CNc1c(C(=O)c2ccc(Cl)cc2)oc2ccccc12)c1ccc(F)cc1. The van der Waals surface area contributed by atoms with Gasteiger partial charge in [-0.2, -0.15) is 0 Å². The van der Waals surface area contributed by atoms with Gasteiger partial charge in [0.05, 0.1) is 12.2 Å². The van der Waals surface area contributed by atoms with Crippen LogP contribution in [0.3, 0.4) is 0 Å². The molecule has 0 unspecified atom stereocenters. The first-order chi connectivity index (χ1) is 14.0. The summed E-state index contributed by atoms with van der Waals surface area (Å²) >= 11 is 5.90. The molecule has 0 saturated heterocycles. The summed E-state index contributed by atoms with van der Waals surface area (Å²) in [6, 6.07) is 19.0. The number of fused-ring (bicyclic) bond motifs is 1. The molecule has 6 heteroatoms. The van der Waals surface area contributed by atoms with Gasteiger partial charge < -0.3 is 9.73 Å². The third-order valence-electron chi connectivity index (χ3n) is 4.50. The molecule has 0 spiro atoms. The van der Waals surface area contributed by atoms with Crippen LogP contribution < -0.4 is 5.32 Å². The van der Waals surface area contributed by atoms with E-state index in [0.29, 0.717) is 32.8 Å². The van der Waals surface area contributed by atoms with Gasteiger partial charge in [0.2, 0.25) is 5.78 Å². The van der Waals surface area contributed by atoms with Gasteiger partial charge in [0.25, 0.3) is 0 Å². The zero-order chi connectivity index (χ0) is 20.4. The van der Waals surface area contributed by atoms with Crippen molar-refractivity contribution in [3.05, 3.63) is 101 Å². The van der Waals surface area contributed by atoms with E-state index in [4.69, 9.17) is 16.0 Å². The van der Waals surface area contributed by atoms with Gasteiger partial charge >= 0.3 is 0 Å². The summed E-state index contributed by atoms with van der Waals surface area (Å²) in [5.74, 6) is -0.860. The van der Waals surface area contributed by atoms with E-state index in [-0.39, 0.29) is 23.9 Å². The lowest BCUT2D eigenvalue weighted by Crippen LogP contribution is -2.15. The Morgan fingerprint density at radius 2 is 1.55 bits per heavy atom. The Kier molecular flexibility index (Phi) is 5.14. The molecule has 0 aliphatic heterocycles. The Bertz CT molecular complexity index is 1200. The van der Waals surface area contributed by atoms with Gasteiger partial charge in [0.1, 0.15) is 11.4 Å².